The van der Waals surface area contributed by atoms with E-state index in [9.17, 15) is 14.0 Å². The second-order valence-corrected chi connectivity index (χ2v) is 2.97. The molecule has 0 heterocycles. The highest BCUT2D eigenvalue weighted by molar-refractivity contribution is 5.94. The highest BCUT2D eigenvalue weighted by Crippen LogP contribution is 2.10. The van der Waals surface area contributed by atoms with Crippen LogP contribution < -0.4 is 0 Å². The van der Waals surface area contributed by atoms with Crippen molar-refractivity contribution in [1.82, 2.24) is 0 Å². The fourth-order valence-corrected chi connectivity index (χ4v) is 1.13. The van der Waals surface area contributed by atoms with E-state index in [2.05, 4.69) is 0 Å². The summed E-state index contributed by atoms with van der Waals surface area (Å²) >= 11 is 0. The summed E-state index contributed by atoms with van der Waals surface area (Å²) in [6.07, 6.45) is -0.280. The Labute approximate surface area is 80.2 Å². The topological polar surface area (TPSA) is 54.4 Å². The Morgan fingerprint density at radius 2 is 2.00 bits per heavy atom. The summed E-state index contributed by atoms with van der Waals surface area (Å²) in [7, 11) is 0. The number of rotatable bonds is 3. The SMILES string of the molecule is CC(=O)c1cc(F)cc(CC(=O)O)c1. The van der Waals surface area contributed by atoms with Crippen LogP contribution in [0.2, 0.25) is 0 Å². The summed E-state index contributed by atoms with van der Waals surface area (Å²) < 4.78 is 12.9. The molecule has 74 valence electrons. The molecule has 0 saturated carbocycles. The van der Waals surface area contributed by atoms with E-state index in [4.69, 9.17) is 5.11 Å². The van der Waals surface area contributed by atoms with E-state index in [-0.39, 0.29) is 17.8 Å². The van der Waals surface area contributed by atoms with E-state index in [1.165, 1.54) is 13.0 Å². The zero-order valence-corrected chi connectivity index (χ0v) is 7.58. The summed E-state index contributed by atoms with van der Waals surface area (Å²) in [6, 6.07) is 3.59. The number of aliphatic carboxylic acids is 1. The van der Waals surface area contributed by atoms with Crippen molar-refractivity contribution < 1.29 is 19.1 Å². The maximum Gasteiger partial charge on any atom is 0.307 e. The predicted molar refractivity (Wildman–Crippen MR) is 47.7 cm³/mol. The van der Waals surface area contributed by atoms with Gasteiger partial charge in [-0.2, -0.15) is 0 Å². The predicted octanol–water partition coefficient (Wildman–Crippen LogP) is 1.66. The Morgan fingerprint density at radius 3 is 2.50 bits per heavy atom. The quantitative estimate of drug-likeness (QED) is 0.748. The summed E-state index contributed by atoms with van der Waals surface area (Å²) in [5.74, 6) is -1.92. The van der Waals surface area contributed by atoms with Gasteiger partial charge in [0.2, 0.25) is 0 Å². The molecule has 0 aliphatic carbocycles. The van der Waals surface area contributed by atoms with Crippen LogP contribution in [-0.4, -0.2) is 16.9 Å². The van der Waals surface area contributed by atoms with Crippen LogP contribution in [0, 0.1) is 5.82 Å². The minimum atomic E-state index is -1.05. The van der Waals surface area contributed by atoms with Crippen LogP contribution >= 0.6 is 0 Å². The Bertz CT molecular complexity index is 385. The molecule has 0 saturated heterocycles. The Morgan fingerprint density at radius 1 is 1.36 bits per heavy atom. The first-order valence-electron chi connectivity index (χ1n) is 4.01. The number of carboxylic acids is 1. The van der Waals surface area contributed by atoms with E-state index in [1.54, 1.807) is 0 Å². The Kier molecular flexibility index (Phi) is 2.96. The minimum absolute atomic E-state index is 0.196. The first-order valence-corrected chi connectivity index (χ1v) is 4.01. The first kappa shape index (κ1) is 10.4. The summed E-state index contributed by atoms with van der Waals surface area (Å²) in [5, 5.41) is 8.48. The summed E-state index contributed by atoms with van der Waals surface area (Å²) in [5.41, 5.74) is 0.490. The van der Waals surface area contributed by atoms with Crippen molar-refractivity contribution in [2.24, 2.45) is 0 Å². The molecule has 1 aromatic rings. The van der Waals surface area contributed by atoms with E-state index in [0.717, 1.165) is 12.1 Å². The number of hydrogen-bond donors (Lipinski definition) is 1. The number of halogens is 1. The number of ketones is 1. The van der Waals surface area contributed by atoms with Gasteiger partial charge in [0.15, 0.2) is 5.78 Å². The molecule has 0 aliphatic heterocycles. The van der Waals surface area contributed by atoms with Crippen LogP contribution in [0.3, 0.4) is 0 Å². The van der Waals surface area contributed by atoms with Crippen LogP contribution in [0.15, 0.2) is 18.2 Å². The molecule has 0 spiro atoms. The molecular weight excluding hydrogens is 187 g/mol. The number of Topliss-reactive ketones (excluding diaryl/α,β-unsaturated/α-hetero) is 1. The lowest BCUT2D eigenvalue weighted by Gasteiger charge is -2.01. The zero-order chi connectivity index (χ0) is 10.7. The van der Waals surface area contributed by atoms with Crippen molar-refractivity contribution in [3.05, 3.63) is 35.1 Å². The van der Waals surface area contributed by atoms with Gasteiger partial charge in [0.25, 0.3) is 0 Å². The smallest absolute Gasteiger partial charge is 0.307 e. The van der Waals surface area contributed by atoms with Crippen molar-refractivity contribution in [2.75, 3.05) is 0 Å². The average molecular weight is 196 g/mol. The standard InChI is InChI=1S/C10H9FO3/c1-6(12)8-2-7(4-10(13)14)3-9(11)5-8/h2-3,5H,4H2,1H3,(H,13,14). The van der Waals surface area contributed by atoms with Gasteiger partial charge in [0, 0.05) is 5.56 Å². The van der Waals surface area contributed by atoms with Crippen molar-refractivity contribution in [1.29, 1.82) is 0 Å². The van der Waals surface area contributed by atoms with Gasteiger partial charge in [-0.25, -0.2) is 4.39 Å². The monoisotopic (exact) mass is 196 g/mol. The largest absolute Gasteiger partial charge is 0.481 e. The van der Waals surface area contributed by atoms with Crippen LogP contribution in [-0.2, 0) is 11.2 Å². The number of carbonyl (C=O) groups is 2. The molecular formula is C10H9FO3. The molecule has 4 heteroatoms. The third-order valence-corrected chi connectivity index (χ3v) is 1.72. The lowest BCUT2D eigenvalue weighted by molar-refractivity contribution is -0.136. The van der Waals surface area contributed by atoms with Gasteiger partial charge in [0.05, 0.1) is 6.42 Å². The molecule has 0 amide bonds. The number of benzene rings is 1. The van der Waals surface area contributed by atoms with Crippen molar-refractivity contribution in [3.8, 4) is 0 Å². The van der Waals surface area contributed by atoms with Crippen LogP contribution in [0.5, 0.6) is 0 Å². The van der Waals surface area contributed by atoms with Crippen LogP contribution in [0.1, 0.15) is 22.8 Å². The van der Waals surface area contributed by atoms with E-state index in [1.807, 2.05) is 0 Å². The third-order valence-electron chi connectivity index (χ3n) is 1.72. The normalized spacial score (nSPS) is 9.86. The van der Waals surface area contributed by atoms with Gasteiger partial charge in [0.1, 0.15) is 5.82 Å². The summed E-state index contributed by atoms with van der Waals surface area (Å²) in [6.45, 7) is 1.30. The molecule has 1 rings (SSSR count). The Balaban J connectivity index is 3.07. The fraction of sp³-hybridized carbons (Fsp3) is 0.200. The van der Waals surface area contributed by atoms with E-state index in [0.29, 0.717) is 5.56 Å². The third kappa shape index (κ3) is 2.65. The van der Waals surface area contributed by atoms with Crippen molar-refractivity contribution in [2.45, 2.75) is 13.3 Å². The van der Waals surface area contributed by atoms with E-state index >= 15 is 0 Å². The molecule has 0 fully saturated rings. The van der Waals surface area contributed by atoms with Gasteiger partial charge in [-0.3, -0.25) is 9.59 Å². The maximum absolute atomic E-state index is 12.9. The molecule has 0 bridgehead atoms. The first-order chi connectivity index (χ1) is 6.49. The number of carbonyl (C=O) groups excluding carboxylic acids is 1. The second kappa shape index (κ2) is 4.00. The highest BCUT2D eigenvalue weighted by Gasteiger charge is 2.07. The lowest BCUT2D eigenvalue weighted by atomic mass is 10.1. The van der Waals surface area contributed by atoms with E-state index < -0.39 is 11.8 Å². The molecule has 14 heavy (non-hydrogen) atoms. The Hall–Kier alpha value is -1.71. The van der Waals surface area contributed by atoms with Gasteiger partial charge in [-0.05, 0) is 30.7 Å². The molecule has 0 unspecified atom stereocenters. The van der Waals surface area contributed by atoms with Crippen LogP contribution in [0.25, 0.3) is 0 Å². The molecule has 0 radical (unpaired) electrons. The average Bonchev–Trinajstić information content (AvgIpc) is 2.01. The molecule has 0 atom stereocenters. The maximum atomic E-state index is 12.9. The summed E-state index contributed by atoms with van der Waals surface area (Å²) in [4.78, 5) is 21.3. The minimum Gasteiger partial charge on any atom is -0.481 e. The van der Waals surface area contributed by atoms with Gasteiger partial charge < -0.3 is 5.11 Å². The lowest BCUT2D eigenvalue weighted by Crippen LogP contribution is -2.02. The van der Waals surface area contributed by atoms with Gasteiger partial charge in [-0.15, -0.1) is 0 Å². The molecule has 3 nitrogen and oxygen atoms in total. The molecule has 0 aromatic heterocycles. The zero-order valence-electron chi connectivity index (χ0n) is 7.58. The number of carboxylic acid groups (broad SMARTS) is 1. The van der Waals surface area contributed by atoms with Gasteiger partial charge >= 0.3 is 5.97 Å². The molecule has 0 aliphatic rings. The van der Waals surface area contributed by atoms with Crippen LogP contribution in [0.4, 0.5) is 4.39 Å². The van der Waals surface area contributed by atoms with Gasteiger partial charge in [-0.1, -0.05) is 0 Å². The fourth-order valence-electron chi connectivity index (χ4n) is 1.13. The molecule has 1 N–H and O–H groups in total. The second-order valence-electron chi connectivity index (χ2n) is 2.97. The highest BCUT2D eigenvalue weighted by atomic mass is 19.1. The van der Waals surface area contributed by atoms with Crippen molar-refractivity contribution in [3.63, 3.8) is 0 Å². The van der Waals surface area contributed by atoms with Crippen molar-refractivity contribution >= 4 is 11.8 Å². The molecule has 1 aromatic carbocycles. The number of hydrogen-bond acceptors (Lipinski definition) is 2.